The van der Waals surface area contributed by atoms with Crippen LogP contribution in [-0.4, -0.2) is 50.2 Å². The number of rotatable bonds is 6. The lowest BCUT2D eigenvalue weighted by atomic mass is 10.1. The zero-order valence-electron chi connectivity index (χ0n) is 15.6. The van der Waals surface area contributed by atoms with Gasteiger partial charge in [0.25, 0.3) is 0 Å². The summed E-state index contributed by atoms with van der Waals surface area (Å²) in [5, 5.41) is 14.6. The Balaban J connectivity index is 0.00000280. The third-order valence-corrected chi connectivity index (χ3v) is 5.82. The predicted molar refractivity (Wildman–Crippen MR) is 132 cm³/mol. The second-order valence-corrected chi connectivity index (χ2v) is 8.04. The van der Waals surface area contributed by atoms with E-state index in [0.717, 1.165) is 31.9 Å². The summed E-state index contributed by atoms with van der Waals surface area (Å²) >= 11 is 13.8. The second kappa shape index (κ2) is 11.9. The van der Waals surface area contributed by atoms with E-state index >= 15 is 0 Å². The summed E-state index contributed by atoms with van der Waals surface area (Å²) in [7, 11) is 1.79. The van der Waals surface area contributed by atoms with E-state index in [1.807, 2.05) is 0 Å². The van der Waals surface area contributed by atoms with Crippen molar-refractivity contribution in [3.05, 3.63) is 39.8 Å². The molecule has 28 heavy (non-hydrogen) atoms. The Kier molecular flexibility index (Phi) is 9.90. The third kappa shape index (κ3) is 6.82. The maximum Gasteiger partial charge on any atom is 0.191 e. The number of halogens is 3. The first kappa shape index (κ1) is 23.3. The van der Waals surface area contributed by atoms with Crippen molar-refractivity contribution in [2.75, 3.05) is 43.4 Å². The molecule has 0 amide bonds. The van der Waals surface area contributed by atoms with Crippen LogP contribution in [0, 0.1) is 0 Å². The lowest BCUT2D eigenvalue weighted by Gasteiger charge is -2.33. The van der Waals surface area contributed by atoms with E-state index in [4.69, 9.17) is 23.2 Å². The molecule has 154 valence electrons. The van der Waals surface area contributed by atoms with Crippen LogP contribution in [0.4, 0.5) is 10.8 Å². The van der Waals surface area contributed by atoms with Crippen LogP contribution < -0.4 is 20.9 Å². The Labute approximate surface area is 197 Å². The topological polar surface area (TPSA) is 64.6 Å². The van der Waals surface area contributed by atoms with Gasteiger partial charge in [-0.25, -0.2) is 4.98 Å². The maximum absolute atomic E-state index is 6.11. The van der Waals surface area contributed by atoms with E-state index in [1.165, 1.54) is 5.00 Å². The predicted octanol–water partition coefficient (Wildman–Crippen LogP) is 4.31. The van der Waals surface area contributed by atoms with E-state index in [-0.39, 0.29) is 24.0 Å². The molecule has 3 rings (SSSR count). The number of guanidine groups is 1. The molecule has 10 heteroatoms. The molecule has 3 N–H and O–H groups in total. The Morgan fingerprint density at radius 2 is 2.11 bits per heavy atom. The van der Waals surface area contributed by atoms with Gasteiger partial charge in [0.05, 0.1) is 15.0 Å². The molecule has 1 aliphatic heterocycles. The molecule has 1 saturated heterocycles. The molecule has 1 aliphatic rings. The average Bonchev–Trinajstić information content (AvgIpc) is 3.21. The molecule has 0 atom stereocenters. The summed E-state index contributed by atoms with van der Waals surface area (Å²) in [4.78, 5) is 11.0. The highest BCUT2D eigenvalue weighted by molar-refractivity contribution is 14.0. The van der Waals surface area contributed by atoms with Crippen LogP contribution in [-0.2, 0) is 0 Å². The van der Waals surface area contributed by atoms with Crippen molar-refractivity contribution in [3.8, 4) is 0 Å². The Bertz CT molecular complexity index is 751. The van der Waals surface area contributed by atoms with Crippen LogP contribution in [0.25, 0.3) is 0 Å². The van der Waals surface area contributed by atoms with Gasteiger partial charge in [0.1, 0.15) is 5.82 Å². The van der Waals surface area contributed by atoms with Crippen molar-refractivity contribution >= 4 is 75.3 Å². The van der Waals surface area contributed by atoms with Crippen molar-refractivity contribution in [1.82, 2.24) is 15.6 Å². The number of hydrogen-bond acceptors (Lipinski definition) is 5. The van der Waals surface area contributed by atoms with E-state index in [0.29, 0.717) is 35.0 Å². The number of aromatic nitrogens is 1. The number of thiophene rings is 1. The molecule has 0 radical (unpaired) electrons. The Morgan fingerprint density at radius 1 is 1.32 bits per heavy atom. The lowest BCUT2D eigenvalue weighted by Crippen LogP contribution is -2.49. The number of aliphatic imine (C=N–C) groups is 1. The van der Waals surface area contributed by atoms with Gasteiger partial charge in [0.2, 0.25) is 0 Å². The van der Waals surface area contributed by atoms with Gasteiger partial charge in [-0.15, -0.1) is 35.3 Å². The van der Waals surface area contributed by atoms with E-state index < -0.39 is 0 Å². The van der Waals surface area contributed by atoms with Crippen LogP contribution in [0.3, 0.4) is 0 Å². The number of anilines is 2. The number of pyridine rings is 1. The standard InChI is InChI=1S/C18H24Cl2N6S.HI/c1-21-18(23-7-6-22-17-15(20)11-13(19)12-24-17)25-14-4-8-26(9-5-14)16-3-2-10-27-16;/h2-3,10-12,14H,4-9H2,1H3,(H,22,24)(H2,21,23,25);1H. The number of nitrogens with zero attached hydrogens (tertiary/aromatic N) is 3. The van der Waals surface area contributed by atoms with Gasteiger partial charge in [-0.05, 0) is 36.4 Å². The summed E-state index contributed by atoms with van der Waals surface area (Å²) in [6.07, 6.45) is 3.77. The molecule has 0 saturated carbocycles. The highest BCUT2D eigenvalue weighted by atomic mass is 127. The Morgan fingerprint density at radius 3 is 2.75 bits per heavy atom. The highest BCUT2D eigenvalue weighted by Gasteiger charge is 2.20. The summed E-state index contributed by atoms with van der Waals surface area (Å²) in [5.74, 6) is 1.45. The molecular weight excluding hydrogens is 530 g/mol. The summed E-state index contributed by atoms with van der Waals surface area (Å²) < 4.78 is 0. The SMILES string of the molecule is CN=C(NCCNc1ncc(Cl)cc1Cl)NC1CCN(c2cccs2)CC1.I. The number of hydrogen-bond donors (Lipinski definition) is 3. The number of piperidine rings is 1. The molecule has 0 spiro atoms. The number of nitrogens with one attached hydrogen (secondary N) is 3. The summed E-state index contributed by atoms with van der Waals surface area (Å²) in [6.45, 7) is 3.51. The zero-order valence-corrected chi connectivity index (χ0v) is 20.3. The largest absolute Gasteiger partial charge is 0.367 e. The molecule has 0 bridgehead atoms. The monoisotopic (exact) mass is 554 g/mol. The quantitative estimate of drug-likeness (QED) is 0.215. The fourth-order valence-corrected chi connectivity index (χ4v) is 4.22. The van der Waals surface area contributed by atoms with Crippen LogP contribution in [0.1, 0.15) is 12.8 Å². The van der Waals surface area contributed by atoms with Crippen LogP contribution in [0.15, 0.2) is 34.8 Å². The van der Waals surface area contributed by atoms with Gasteiger partial charge in [-0.2, -0.15) is 0 Å². The smallest absolute Gasteiger partial charge is 0.191 e. The first-order chi connectivity index (χ1) is 13.2. The molecule has 0 aromatic carbocycles. The first-order valence-electron chi connectivity index (χ1n) is 8.96. The van der Waals surface area contributed by atoms with Crippen molar-refractivity contribution in [3.63, 3.8) is 0 Å². The molecule has 2 aromatic heterocycles. The van der Waals surface area contributed by atoms with Crippen molar-refractivity contribution in [1.29, 1.82) is 0 Å². The van der Waals surface area contributed by atoms with E-state index in [1.54, 1.807) is 30.6 Å². The molecule has 1 fully saturated rings. The minimum absolute atomic E-state index is 0. The van der Waals surface area contributed by atoms with Crippen LogP contribution in [0.5, 0.6) is 0 Å². The summed E-state index contributed by atoms with van der Waals surface area (Å²) in [6, 6.07) is 6.41. The van der Waals surface area contributed by atoms with E-state index in [2.05, 4.69) is 48.3 Å². The van der Waals surface area contributed by atoms with Crippen LogP contribution >= 0.6 is 58.5 Å². The molecular formula is C18H25Cl2IN6S. The van der Waals surface area contributed by atoms with Gasteiger partial charge >= 0.3 is 0 Å². The zero-order chi connectivity index (χ0) is 19.1. The maximum atomic E-state index is 6.11. The average molecular weight is 555 g/mol. The molecule has 0 aliphatic carbocycles. The van der Waals surface area contributed by atoms with Crippen LogP contribution in [0.2, 0.25) is 10.0 Å². The molecule has 3 heterocycles. The van der Waals surface area contributed by atoms with Gasteiger partial charge < -0.3 is 20.9 Å². The Hall–Kier alpha value is -0.970. The van der Waals surface area contributed by atoms with Crippen molar-refractivity contribution in [2.45, 2.75) is 18.9 Å². The second-order valence-electron chi connectivity index (χ2n) is 6.27. The van der Waals surface area contributed by atoms with Crippen molar-refractivity contribution < 1.29 is 0 Å². The lowest BCUT2D eigenvalue weighted by molar-refractivity contribution is 0.463. The van der Waals surface area contributed by atoms with Gasteiger partial charge in [0.15, 0.2) is 5.96 Å². The molecule has 0 unspecified atom stereocenters. The van der Waals surface area contributed by atoms with Gasteiger partial charge in [-0.3, -0.25) is 4.99 Å². The summed E-state index contributed by atoms with van der Waals surface area (Å²) in [5.41, 5.74) is 0. The fraction of sp³-hybridized carbons (Fsp3) is 0.444. The van der Waals surface area contributed by atoms with Crippen molar-refractivity contribution in [2.24, 2.45) is 4.99 Å². The normalized spacial score (nSPS) is 15.1. The minimum Gasteiger partial charge on any atom is -0.367 e. The molecule has 2 aromatic rings. The minimum atomic E-state index is 0. The fourth-order valence-electron chi connectivity index (χ4n) is 2.99. The van der Waals surface area contributed by atoms with Gasteiger partial charge in [-0.1, -0.05) is 23.2 Å². The third-order valence-electron chi connectivity index (χ3n) is 4.39. The van der Waals surface area contributed by atoms with E-state index in [9.17, 15) is 0 Å². The van der Waals surface area contributed by atoms with Gasteiger partial charge in [0, 0.05) is 45.5 Å². The highest BCUT2D eigenvalue weighted by Crippen LogP contribution is 2.25. The molecule has 6 nitrogen and oxygen atoms in total. The first-order valence-corrected chi connectivity index (χ1v) is 10.6.